The van der Waals surface area contributed by atoms with Crippen LogP contribution in [0, 0.1) is 0 Å². The third-order valence-electron chi connectivity index (χ3n) is 3.15. The van der Waals surface area contributed by atoms with Gasteiger partial charge in [0.15, 0.2) is 11.5 Å². The normalized spacial score (nSPS) is 13.3. The minimum Gasteiger partial charge on any atom is -0.454 e. The van der Waals surface area contributed by atoms with Gasteiger partial charge in [-0.25, -0.2) is 0 Å². The number of rotatable bonds is 4. The number of benzene rings is 1. The number of carbonyl (C=O) groups excluding carboxylic acids is 1. The molecule has 1 aliphatic heterocycles. The highest BCUT2D eigenvalue weighted by Gasteiger charge is 2.13. The van der Waals surface area contributed by atoms with Gasteiger partial charge < -0.3 is 14.8 Å². The second kappa shape index (κ2) is 6.01. The lowest BCUT2D eigenvalue weighted by Crippen LogP contribution is -2.23. The lowest BCUT2D eigenvalue weighted by molar-refractivity contribution is -0.117. The van der Waals surface area contributed by atoms with Crippen molar-refractivity contribution in [1.82, 2.24) is 5.32 Å². The zero-order valence-electron chi connectivity index (χ0n) is 11.6. The van der Waals surface area contributed by atoms with Crippen LogP contribution in [0.1, 0.15) is 17.4 Å². The first-order chi connectivity index (χ1) is 10.2. The fourth-order valence-electron chi connectivity index (χ4n) is 2.02. The zero-order chi connectivity index (χ0) is 14.7. The number of ether oxygens (including phenoxy) is 2. The van der Waals surface area contributed by atoms with E-state index in [1.54, 1.807) is 11.3 Å². The molecule has 0 saturated heterocycles. The van der Waals surface area contributed by atoms with E-state index in [2.05, 4.69) is 5.32 Å². The smallest absolute Gasteiger partial charge is 0.247 e. The molecule has 2 heterocycles. The van der Waals surface area contributed by atoms with Crippen molar-refractivity contribution in [3.05, 3.63) is 51.7 Å². The minimum atomic E-state index is -0.0685. The standard InChI is InChI=1S/C16H15NO3S/c1-11(7-13-3-2-6-21-13)16(18)17-9-12-4-5-14-15(8-12)20-10-19-14/h2-8H,9-10H2,1H3,(H,17,18)/b11-7+. The molecule has 0 fully saturated rings. The van der Waals surface area contributed by atoms with Gasteiger partial charge in [-0.1, -0.05) is 12.1 Å². The summed E-state index contributed by atoms with van der Waals surface area (Å²) in [7, 11) is 0. The first-order valence-corrected chi connectivity index (χ1v) is 7.49. The maximum absolute atomic E-state index is 12.0. The molecule has 0 saturated carbocycles. The Labute approximate surface area is 127 Å². The van der Waals surface area contributed by atoms with Crippen LogP contribution < -0.4 is 14.8 Å². The van der Waals surface area contributed by atoms with Crippen LogP contribution in [0.15, 0.2) is 41.3 Å². The summed E-state index contributed by atoms with van der Waals surface area (Å²) in [6, 6.07) is 9.62. The van der Waals surface area contributed by atoms with Gasteiger partial charge >= 0.3 is 0 Å². The van der Waals surface area contributed by atoms with Crippen LogP contribution in [0.2, 0.25) is 0 Å². The van der Waals surface area contributed by atoms with Crippen molar-refractivity contribution in [2.24, 2.45) is 0 Å². The monoisotopic (exact) mass is 301 g/mol. The van der Waals surface area contributed by atoms with Crippen LogP contribution >= 0.6 is 11.3 Å². The van der Waals surface area contributed by atoms with Gasteiger partial charge in [0.25, 0.3) is 0 Å². The third-order valence-corrected chi connectivity index (χ3v) is 3.97. The van der Waals surface area contributed by atoms with Crippen LogP contribution in [0.4, 0.5) is 0 Å². The molecule has 108 valence electrons. The Morgan fingerprint density at radius 3 is 3.00 bits per heavy atom. The van der Waals surface area contributed by atoms with Gasteiger partial charge in [-0.15, -0.1) is 11.3 Å². The van der Waals surface area contributed by atoms with Crippen LogP contribution in [0.5, 0.6) is 11.5 Å². The van der Waals surface area contributed by atoms with E-state index in [-0.39, 0.29) is 12.7 Å². The van der Waals surface area contributed by atoms with Crippen molar-refractivity contribution < 1.29 is 14.3 Å². The quantitative estimate of drug-likeness (QED) is 0.882. The summed E-state index contributed by atoms with van der Waals surface area (Å²) in [5.74, 6) is 1.41. The molecule has 3 rings (SSSR count). The maximum atomic E-state index is 12.0. The van der Waals surface area contributed by atoms with Crippen LogP contribution in [0.3, 0.4) is 0 Å². The molecule has 21 heavy (non-hydrogen) atoms. The molecule has 2 aromatic rings. The van der Waals surface area contributed by atoms with Crippen molar-refractivity contribution in [2.45, 2.75) is 13.5 Å². The molecule has 1 amide bonds. The number of amides is 1. The van der Waals surface area contributed by atoms with Crippen molar-refractivity contribution in [3.63, 3.8) is 0 Å². The van der Waals surface area contributed by atoms with Crippen molar-refractivity contribution >= 4 is 23.3 Å². The van der Waals surface area contributed by atoms with E-state index < -0.39 is 0 Å². The molecule has 0 aliphatic carbocycles. The molecule has 0 bridgehead atoms. The van der Waals surface area contributed by atoms with E-state index in [1.807, 2.05) is 48.7 Å². The van der Waals surface area contributed by atoms with E-state index in [1.165, 1.54) is 0 Å². The molecule has 1 N–H and O–H groups in total. The lowest BCUT2D eigenvalue weighted by atomic mass is 10.2. The first-order valence-electron chi connectivity index (χ1n) is 6.61. The Hall–Kier alpha value is -2.27. The number of carbonyl (C=O) groups is 1. The topological polar surface area (TPSA) is 47.6 Å². The van der Waals surface area contributed by atoms with Crippen LogP contribution in [-0.4, -0.2) is 12.7 Å². The number of hydrogen-bond acceptors (Lipinski definition) is 4. The predicted molar refractivity (Wildman–Crippen MR) is 82.4 cm³/mol. The van der Waals surface area contributed by atoms with Gasteiger partial charge in [0.2, 0.25) is 12.7 Å². The number of fused-ring (bicyclic) bond motifs is 1. The van der Waals surface area contributed by atoms with Crippen LogP contribution in [0.25, 0.3) is 6.08 Å². The predicted octanol–water partition coefficient (Wildman–Crippen LogP) is 3.20. The Balaban J connectivity index is 1.61. The summed E-state index contributed by atoms with van der Waals surface area (Å²) in [6.07, 6.45) is 1.89. The zero-order valence-corrected chi connectivity index (χ0v) is 12.4. The van der Waals surface area contributed by atoms with Crippen molar-refractivity contribution in [2.75, 3.05) is 6.79 Å². The Morgan fingerprint density at radius 2 is 2.19 bits per heavy atom. The SMILES string of the molecule is C/C(=C\c1cccs1)C(=O)NCc1ccc2c(c1)OCO2. The Bertz CT molecular complexity index is 677. The van der Waals surface area contributed by atoms with E-state index in [0.717, 1.165) is 21.9 Å². The summed E-state index contributed by atoms with van der Waals surface area (Å²) in [5, 5.41) is 4.89. The highest BCUT2D eigenvalue weighted by Crippen LogP contribution is 2.32. The van der Waals surface area contributed by atoms with Gasteiger partial charge in [0.1, 0.15) is 0 Å². The molecule has 4 nitrogen and oxygen atoms in total. The molecule has 0 unspecified atom stereocenters. The minimum absolute atomic E-state index is 0.0685. The van der Waals surface area contributed by atoms with Gasteiger partial charge in [0.05, 0.1) is 0 Å². The number of hydrogen-bond donors (Lipinski definition) is 1. The van der Waals surface area contributed by atoms with Gasteiger partial charge in [-0.2, -0.15) is 0 Å². The van der Waals surface area contributed by atoms with Crippen LogP contribution in [-0.2, 0) is 11.3 Å². The van der Waals surface area contributed by atoms with E-state index in [0.29, 0.717) is 12.1 Å². The molecule has 5 heteroatoms. The second-order valence-corrected chi connectivity index (χ2v) is 5.69. The lowest BCUT2D eigenvalue weighted by Gasteiger charge is -2.06. The van der Waals surface area contributed by atoms with E-state index in [4.69, 9.17) is 9.47 Å². The Morgan fingerprint density at radius 1 is 1.33 bits per heavy atom. The van der Waals surface area contributed by atoms with E-state index >= 15 is 0 Å². The summed E-state index contributed by atoms with van der Waals surface area (Å²) in [6.45, 7) is 2.54. The second-order valence-electron chi connectivity index (χ2n) is 4.71. The van der Waals surface area contributed by atoms with Gasteiger partial charge in [0, 0.05) is 17.0 Å². The fraction of sp³-hybridized carbons (Fsp3) is 0.188. The van der Waals surface area contributed by atoms with Crippen molar-refractivity contribution in [1.29, 1.82) is 0 Å². The highest BCUT2D eigenvalue weighted by atomic mass is 32.1. The molecule has 0 radical (unpaired) electrons. The molecule has 0 spiro atoms. The third kappa shape index (κ3) is 3.25. The number of nitrogens with one attached hydrogen (secondary N) is 1. The largest absolute Gasteiger partial charge is 0.454 e. The van der Waals surface area contributed by atoms with Gasteiger partial charge in [-0.05, 0) is 42.1 Å². The molecule has 1 aliphatic rings. The highest BCUT2D eigenvalue weighted by molar-refractivity contribution is 7.10. The number of thiophene rings is 1. The average Bonchev–Trinajstić information content (AvgIpc) is 3.14. The molecular formula is C16H15NO3S. The fourth-order valence-corrected chi connectivity index (χ4v) is 2.74. The summed E-state index contributed by atoms with van der Waals surface area (Å²) in [4.78, 5) is 13.1. The summed E-state index contributed by atoms with van der Waals surface area (Å²) < 4.78 is 10.6. The molecular weight excluding hydrogens is 286 g/mol. The molecule has 1 aromatic carbocycles. The Kier molecular flexibility index (Phi) is 3.92. The van der Waals surface area contributed by atoms with E-state index in [9.17, 15) is 4.79 Å². The molecule has 0 atom stereocenters. The average molecular weight is 301 g/mol. The summed E-state index contributed by atoms with van der Waals surface area (Å²) in [5.41, 5.74) is 1.68. The maximum Gasteiger partial charge on any atom is 0.247 e. The van der Waals surface area contributed by atoms with Crippen molar-refractivity contribution in [3.8, 4) is 11.5 Å². The first kappa shape index (κ1) is 13.7. The van der Waals surface area contributed by atoms with Gasteiger partial charge in [-0.3, -0.25) is 4.79 Å². The summed E-state index contributed by atoms with van der Waals surface area (Å²) >= 11 is 1.61. The molecule has 1 aromatic heterocycles.